The van der Waals surface area contributed by atoms with Crippen LogP contribution < -0.4 is 0 Å². The molecule has 1 fully saturated rings. The quantitative estimate of drug-likeness (QED) is 0.592. The van der Waals surface area contributed by atoms with Crippen molar-refractivity contribution in [2.75, 3.05) is 6.54 Å². The number of hydrogen-bond acceptors (Lipinski definition) is 3. The van der Waals surface area contributed by atoms with Gasteiger partial charge >= 0.3 is 0 Å². The molecule has 1 saturated heterocycles. The number of halogens is 2. The zero-order valence-electron chi connectivity index (χ0n) is 11.6. The lowest BCUT2D eigenvalue weighted by atomic mass is 9.80. The van der Waals surface area contributed by atoms with Crippen LogP contribution in [0.1, 0.15) is 37.6 Å². The standard InChI is InChI=1S/C14H16ClFN2O2/c1-14(2,3)8-4-11(19)18(7-8)13(20)10-5-9(16)6-17-12(10)15/h5-6,8H,4,7H2,1-3H3. The Bertz CT molecular complexity index is 569. The fraction of sp³-hybridized carbons (Fsp3) is 0.500. The van der Waals surface area contributed by atoms with Gasteiger partial charge in [-0.2, -0.15) is 0 Å². The fourth-order valence-electron chi connectivity index (χ4n) is 2.20. The lowest BCUT2D eigenvalue weighted by molar-refractivity contribution is -0.125. The summed E-state index contributed by atoms with van der Waals surface area (Å²) in [7, 11) is 0. The van der Waals surface area contributed by atoms with Gasteiger partial charge in [0.15, 0.2) is 0 Å². The summed E-state index contributed by atoms with van der Waals surface area (Å²) in [6, 6.07) is 1.01. The van der Waals surface area contributed by atoms with Crippen molar-refractivity contribution in [2.24, 2.45) is 11.3 Å². The Morgan fingerprint density at radius 2 is 2.15 bits per heavy atom. The third-order valence-corrected chi connectivity index (χ3v) is 3.93. The number of nitrogens with zero attached hydrogens (tertiary/aromatic N) is 2. The maximum atomic E-state index is 13.2. The van der Waals surface area contributed by atoms with E-state index in [4.69, 9.17) is 11.6 Å². The van der Waals surface area contributed by atoms with Gasteiger partial charge in [0.1, 0.15) is 11.0 Å². The molecule has 0 aromatic carbocycles. The zero-order valence-corrected chi connectivity index (χ0v) is 12.4. The molecule has 20 heavy (non-hydrogen) atoms. The van der Waals surface area contributed by atoms with Crippen LogP contribution in [-0.4, -0.2) is 28.2 Å². The molecule has 108 valence electrons. The van der Waals surface area contributed by atoms with Gasteiger partial charge in [-0.15, -0.1) is 0 Å². The number of carbonyl (C=O) groups is 2. The summed E-state index contributed by atoms with van der Waals surface area (Å²) >= 11 is 5.81. The molecule has 1 aliphatic rings. The molecule has 1 aromatic heterocycles. The smallest absolute Gasteiger partial charge is 0.263 e. The van der Waals surface area contributed by atoms with Crippen molar-refractivity contribution in [2.45, 2.75) is 27.2 Å². The van der Waals surface area contributed by atoms with Gasteiger partial charge in [0.05, 0.1) is 11.8 Å². The Labute approximate surface area is 121 Å². The van der Waals surface area contributed by atoms with Crippen LogP contribution in [0.2, 0.25) is 5.15 Å². The summed E-state index contributed by atoms with van der Waals surface area (Å²) in [6.07, 6.45) is 1.25. The first-order valence-corrected chi connectivity index (χ1v) is 6.73. The van der Waals surface area contributed by atoms with E-state index in [1.54, 1.807) is 0 Å². The molecule has 2 rings (SSSR count). The zero-order chi connectivity index (χ0) is 15.1. The highest BCUT2D eigenvalue weighted by Gasteiger charge is 2.40. The minimum atomic E-state index is -0.656. The largest absolute Gasteiger partial charge is 0.278 e. The summed E-state index contributed by atoms with van der Waals surface area (Å²) in [5.74, 6) is -1.41. The molecule has 0 aliphatic carbocycles. The maximum Gasteiger partial charge on any atom is 0.263 e. The van der Waals surface area contributed by atoms with E-state index in [0.717, 1.165) is 17.2 Å². The van der Waals surface area contributed by atoms with Crippen LogP contribution in [0.5, 0.6) is 0 Å². The Kier molecular flexibility index (Phi) is 3.82. The summed E-state index contributed by atoms with van der Waals surface area (Å²) in [5.41, 5.74) is -0.149. The van der Waals surface area contributed by atoms with Gasteiger partial charge in [-0.05, 0) is 17.4 Å². The molecule has 0 N–H and O–H groups in total. The van der Waals surface area contributed by atoms with Crippen LogP contribution in [0.25, 0.3) is 0 Å². The number of likely N-dealkylation sites (tertiary alicyclic amines) is 1. The highest BCUT2D eigenvalue weighted by Crippen LogP contribution is 2.35. The highest BCUT2D eigenvalue weighted by molar-refractivity contribution is 6.33. The third-order valence-electron chi connectivity index (χ3n) is 3.63. The lowest BCUT2D eigenvalue weighted by Gasteiger charge is -2.26. The van der Waals surface area contributed by atoms with Crippen molar-refractivity contribution in [3.05, 3.63) is 28.8 Å². The monoisotopic (exact) mass is 298 g/mol. The second-order valence-corrected chi connectivity index (χ2v) is 6.43. The van der Waals surface area contributed by atoms with Gasteiger partial charge in [-0.1, -0.05) is 32.4 Å². The van der Waals surface area contributed by atoms with E-state index < -0.39 is 11.7 Å². The Hall–Kier alpha value is -1.49. The Morgan fingerprint density at radius 3 is 2.70 bits per heavy atom. The van der Waals surface area contributed by atoms with E-state index in [2.05, 4.69) is 4.98 Å². The van der Waals surface area contributed by atoms with Crippen molar-refractivity contribution in [3.63, 3.8) is 0 Å². The molecule has 1 atom stereocenters. The van der Waals surface area contributed by atoms with Crippen molar-refractivity contribution >= 4 is 23.4 Å². The van der Waals surface area contributed by atoms with Gasteiger partial charge in [-0.3, -0.25) is 14.5 Å². The van der Waals surface area contributed by atoms with E-state index in [9.17, 15) is 14.0 Å². The molecule has 2 heterocycles. The number of rotatable bonds is 1. The molecule has 0 saturated carbocycles. The van der Waals surface area contributed by atoms with Gasteiger partial charge in [-0.25, -0.2) is 9.37 Å². The van der Waals surface area contributed by atoms with Crippen molar-refractivity contribution in [1.29, 1.82) is 0 Å². The molecule has 0 radical (unpaired) electrons. The molecular weight excluding hydrogens is 283 g/mol. The molecule has 2 amide bonds. The average Bonchev–Trinajstić information content (AvgIpc) is 2.73. The van der Waals surface area contributed by atoms with Crippen LogP contribution >= 0.6 is 11.6 Å². The van der Waals surface area contributed by atoms with Crippen LogP contribution in [-0.2, 0) is 4.79 Å². The van der Waals surface area contributed by atoms with Crippen LogP contribution in [0, 0.1) is 17.2 Å². The van der Waals surface area contributed by atoms with E-state index >= 15 is 0 Å². The second kappa shape index (κ2) is 5.13. The molecule has 0 spiro atoms. The molecule has 4 nitrogen and oxygen atoms in total. The molecule has 0 bridgehead atoms. The van der Waals surface area contributed by atoms with Crippen LogP contribution in [0.4, 0.5) is 4.39 Å². The first kappa shape index (κ1) is 14.9. The second-order valence-electron chi connectivity index (χ2n) is 6.07. The fourth-order valence-corrected chi connectivity index (χ4v) is 2.39. The minimum absolute atomic E-state index is 0.0745. The summed E-state index contributed by atoms with van der Waals surface area (Å²) in [5, 5.41) is -0.0941. The van der Waals surface area contributed by atoms with E-state index in [1.807, 2.05) is 20.8 Å². The van der Waals surface area contributed by atoms with Crippen LogP contribution in [0.3, 0.4) is 0 Å². The number of imide groups is 1. The van der Waals surface area contributed by atoms with E-state index in [0.29, 0.717) is 13.0 Å². The topological polar surface area (TPSA) is 50.3 Å². The number of pyridine rings is 1. The summed E-state index contributed by atoms with van der Waals surface area (Å²) in [4.78, 5) is 29.0. The van der Waals surface area contributed by atoms with E-state index in [1.165, 1.54) is 0 Å². The van der Waals surface area contributed by atoms with Crippen LogP contribution in [0.15, 0.2) is 12.3 Å². The van der Waals surface area contributed by atoms with E-state index in [-0.39, 0.29) is 28.0 Å². The molecule has 1 aliphatic heterocycles. The van der Waals surface area contributed by atoms with Gasteiger partial charge in [0.25, 0.3) is 5.91 Å². The SMILES string of the molecule is CC(C)(C)C1CC(=O)N(C(=O)c2cc(F)cnc2Cl)C1. The maximum absolute atomic E-state index is 13.2. The molecular formula is C14H16ClFN2O2. The lowest BCUT2D eigenvalue weighted by Crippen LogP contribution is -2.34. The molecule has 6 heteroatoms. The molecule has 1 aromatic rings. The first-order valence-electron chi connectivity index (χ1n) is 6.36. The number of hydrogen-bond donors (Lipinski definition) is 0. The van der Waals surface area contributed by atoms with Gasteiger partial charge in [0, 0.05) is 13.0 Å². The molecule has 1 unspecified atom stereocenters. The van der Waals surface area contributed by atoms with Crippen molar-refractivity contribution in [1.82, 2.24) is 9.88 Å². The number of carbonyl (C=O) groups excluding carboxylic acids is 2. The predicted molar refractivity (Wildman–Crippen MR) is 72.8 cm³/mol. The Balaban J connectivity index is 2.26. The Morgan fingerprint density at radius 1 is 1.50 bits per heavy atom. The van der Waals surface area contributed by atoms with Crippen molar-refractivity contribution < 1.29 is 14.0 Å². The minimum Gasteiger partial charge on any atom is -0.278 e. The highest BCUT2D eigenvalue weighted by atomic mass is 35.5. The third kappa shape index (κ3) is 2.82. The van der Waals surface area contributed by atoms with Gasteiger partial charge < -0.3 is 0 Å². The van der Waals surface area contributed by atoms with Gasteiger partial charge in [0.2, 0.25) is 5.91 Å². The summed E-state index contributed by atoms with van der Waals surface area (Å²) in [6.45, 7) is 6.40. The van der Waals surface area contributed by atoms with Crippen molar-refractivity contribution in [3.8, 4) is 0 Å². The normalized spacial score (nSPS) is 19.6. The average molecular weight is 299 g/mol. The summed E-state index contributed by atoms with van der Waals surface area (Å²) < 4.78 is 13.2. The first-order chi connectivity index (χ1) is 9.20. The predicted octanol–water partition coefficient (Wildman–Crippen LogP) is 2.91. The number of aromatic nitrogens is 1. The number of amides is 2.